The highest BCUT2D eigenvalue weighted by molar-refractivity contribution is 4.87. The van der Waals surface area contributed by atoms with Crippen LogP contribution < -0.4 is 0 Å². The van der Waals surface area contributed by atoms with Gasteiger partial charge in [0.2, 0.25) is 0 Å². The van der Waals surface area contributed by atoms with Gasteiger partial charge in [-0.1, -0.05) is 24.3 Å². The van der Waals surface area contributed by atoms with Crippen LogP contribution in [0.3, 0.4) is 0 Å². The molecule has 0 rings (SSSR count). The molecule has 0 saturated heterocycles. The molecule has 0 amide bonds. The largest absolute Gasteiger partial charge is 0.396 e. The first-order valence-electron chi connectivity index (χ1n) is 5.43. The third-order valence-corrected chi connectivity index (χ3v) is 1.89. The Kier molecular flexibility index (Phi) is 11.9. The molecule has 0 saturated carbocycles. The van der Waals surface area contributed by atoms with E-state index in [1.807, 2.05) is 0 Å². The van der Waals surface area contributed by atoms with Crippen LogP contribution in [-0.4, -0.2) is 23.4 Å². The molecule has 0 aliphatic rings. The maximum absolute atomic E-state index is 8.52. The summed E-state index contributed by atoms with van der Waals surface area (Å²) in [5.74, 6) is 0. The Morgan fingerprint density at radius 2 is 0.929 bits per heavy atom. The van der Waals surface area contributed by atoms with Gasteiger partial charge in [-0.25, -0.2) is 0 Å². The van der Waals surface area contributed by atoms with E-state index in [9.17, 15) is 0 Å². The predicted molar refractivity (Wildman–Crippen MR) is 60.2 cm³/mol. The van der Waals surface area contributed by atoms with Crippen molar-refractivity contribution >= 4 is 0 Å². The van der Waals surface area contributed by atoms with Crippen molar-refractivity contribution in [1.29, 1.82) is 0 Å². The van der Waals surface area contributed by atoms with E-state index < -0.39 is 0 Å². The molecule has 0 fully saturated rings. The van der Waals surface area contributed by atoms with Crippen LogP contribution in [0.1, 0.15) is 38.5 Å². The molecule has 0 aromatic heterocycles. The summed E-state index contributed by atoms with van der Waals surface area (Å²) in [6, 6.07) is 0. The Bertz CT molecular complexity index is 132. The van der Waals surface area contributed by atoms with E-state index in [2.05, 4.69) is 24.3 Å². The fourth-order valence-electron chi connectivity index (χ4n) is 1.08. The molecule has 0 atom stereocenters. The molecule has 82 valence electrons. The fourth-order valence-corrected chi connectivity index (χ4v) is 1.08. The quantitative estimate of drug-likeness (QED) is 0.441. The molecule has 0 unspecified atom stereocenters. The fraction of sp³-hybridized carbons (Fsp3) is 0.667. The van der Waals surface area contributed by atoms with Crippen LogP contribution in [-0.2, 0) is 0 Å². The van der Waals surface area contributed by atoms with Crippen molar-refractivity contribution in [1.82, 2.24) is 0 Å². The van der Waals surface area contributed by atoms with E-state index in [-0.39, 0.29) is 13.2 Å². The average Bonchev–Trinajstić information content (AvgIpc) is 2.21. The summed E-state index contributed by atoms with van der Waals surface area (Å²) in [6.45, 7) is 0.566. The first-order valence-corrected chi connectivity index (χ1v) is 5.43. The van der Waals surface area contributed by atoms with Crippen molar-refractivity contribution in [3.63, 3.8) is 0 Å². The predicted octanol–water partition coefficient (Wildman–Crippen LogP) is 2.42. The second-order valence-corrected chi connectivity index (χ2v) is 3.25. The highest BCUT2D eigenvalue weighted by Gasteiger charge is 1.81. The number of hydrogen-bond acceptors (Lipinski definition) is 2. The van der Waals surface area contributed by atoms with Crippen molar-refractivity contribution in [2.45, 2.75) is 38.5 Å². The summed E-state index contributed by atoms with van der Waals surface area (Å²) in [6.07, 6.45) is 14.4. The lowest BCUT2D eigenvalue weighted by atomic mass is 10.2. The summed E-state index contributed by atoms with van der Waals surface area (Å²) >= 11 is 0. The van der Waals surface area contributed by atoms with Crippen LogP contribution in [0.25, 0.3) is 0 Å². The summed E-state index contributed by atoms with van der Waals surface area (Å²) < 4.78 is 0. The molecule has 0 aromatic carbocycles. The number of unbranched alkanes of at least 4 members (excludes halogenated alkanes) is 3. The topological polar surface area (TPSA) is 40.5 Å². The molecule has 0 aliphatic carbocycles. The van der Waals surface area contributed by atoms with Crippen LogP contribution in [0.2, 0.25) is 0 Å². The van der Waals surface area contributed by atoms with Crippen LogP contribution >= 0.6 is 0 Å². The number of aliphatic hydroxyl groups excluding tert-OH is 2. The van der Waals surface area contributed by atoms with Gasteiger partial charge in [0.15, 0.2) is 0 Å². The van der Waals surface area contributed by atoms with E-state index in [4.69, 9.17) is 10.2 Å². The SMILES string of the molecule is OCCC/C=C/CC/C=C/CCCO. The zero-order chi connectivity index (χ0) is 10.5. The highest BCUT2D eigenvalue weighted by Crippen LogP contribution is 1.98. The number of aliphatic hydroxyl groups is 2. The number of allylic oxidation sites excluding steroid dienone is 4. The molecule has 2 heteroatoms. The molecule has 0 aliphatic heterocycles. The van der Waals surface area contributed by atoms with E-state index in [1.165, 1.54) is 0 Å². The molecule has 0 bridgehead atoms. The highest BCUT2D eigenvalue weighted by atomic mass is 16.3. The maximum Gasteiger partial charge on any atom is 0.0433 e. The van der Waals surface area contributed by atoms with Gasteiger partial charge in [-0.05, 0) is 38.5 Å². The summed E-state index contributed by atoms with van der Waals surface area (Å²) in [7, 11) is 0. The van der Waals surface area contributed by atoms with E-state index in [0.717, 1.165) is 38.5 Å². The molecule has 2 N–H and O–H groups in total. The normalized spacial score (nSPS) is 11.9. The summed E-state index contributed by atoms with van der Waals surface area (Å²) in [5, 5.41) is 17.0. The van der Waals surface area contributed by atoms with Crippen LogP contribution in [0.15, 0.2) is 24.3 Å². The Labute approximate surface area is 87.0 Å². The van der Waals surface area contributed by atoms with Gasteiger partial charge in [-0.15, -0.1) is 0 Å². The van der Waals surface area contributed by atoms with Gasteiger partial charge >= 0.3 is 0 Å². The van der Waals surface area contributed by atoms with Crippen molar-refractivity contribution in [2.75, 3.05) is 13.2 Å². The maximum atomic E-state index is 8.52. The van der Waals surface area contributed by atoms with Gasteiger partial charge < -0.3 is 10.2 Å². The van der Waals surface area contributed by atoms with E-state index in [1.54, 1.807) is 0 Å². The second kappa shape index (κ2) is 12.4. The smallest absolute Gasteiger partial charge is 0.0433 e. The van der Waals surface area contributed by atoms with E-state index >= 15 is 0 Å². The Morgan fingerprint density at radius 1 is 0.571 bits per heavy atom. The van der Waals surface area contributed by atoms with Gasteiger partial charge in [-0.3, -0.25) is 0 Å². The molecular weight excluding hydrogens is 176 g/mol. The zero-order valence-electron chi connectivity index (χ0n) is 8.86. The van der Waals surface area contributed by atoms with Gasteiger partial charge in [0, 0.05) is 13.2 Å². The van der Waals surface area contributed by atoms with Gasteiger partial charge in [-0.2, -0.15) is 0 Å². The number of hydrogen-bond donors (Lipinski definition) is 2. The van der Waals surface area contributed by atoms with Gasteiger partial charge in [0.25, 0.3) is 0 Å². The minimum absolute atomic E-state index is 0.283. The van der Waals surface area contributed by atoms with Crippen molar-refractivity contribution in [3.05, 3.63) is 24.3 Å². The number of rotatable bonds is 9. The molecule has 14 heavy (non-hydrogen) atoms. The molecule has 0 aromatic rings. The molecular formula is C12H22O2. The average molecular weight is 198 g/mol. The first kappa shape index (κ1) is 13.4. The lowest BCUT2D eigenvalue weighted by Gasteiger charge is -1.90. The van der Waals surface area contributed by atoms with Crippen LogP contribution in [0.4, 0.5) is 0 Å². The summed E-state index contributed by atoms with van der Waals surface area (Å²) in [5.41, 5.74) is 0. The molecule has 0 spiro atoms. The monoisotopic (exact) mass is 198 g/mol. The Hall–Kier alpha value is -0.600. The van der Waals surface area contributed by atoms with E-state index in [0.29, 0.717) is 0 Å². The summed E-state index contributed by atoms with van der Waals surface area (Å²) in [4.78, 5) is 0. The van der Waals surface area contributed by atoms with Crippen molar-refractivity contribution in [3.8, 4) is 0 Å². The lowest BCUT2D eigenvalue weighted by Crippen LogP contribution is -1.78. The van der Waals surface area contributed by atoms with Gasteiger partial charge in [0.05, 0.1) is 0 Å². The third kappa shape index (κ3) is 11.4. The molecule has 0 heterocycles. The molecule has 0 radical (unpaired) electrons. The van der Waals surface area contributed by atoms with Crippen LogP contribution in [0.5, 0.6) is 0 Å². The van der Waals surface area contributed by atoms with Crippen LogP contribution in [0, 0.1) is 0 Å². The third-order valence-electron chi connectivity index (χ3n) is 1.89. The van der Waals surface area contributed by atoms with Crippen molar-refractivity contribution < 1.29 is 10.2 Å². The minimum atomic E-state index is 0.283. The Balaban J connectivity index is 3.11. The van der Waals surface area contributed by atoms with Gasteiger partial charge in [0.1, 0.15) is 0 Å². The Morgan fingerprint density at radius 3 is 1.29 bits per heavy atom. The zero-order valence-corrected chi connectivity index (χ0v) is 8.86. The standard InChI is InChI=1S/C12H22O2/c13-11-9-7-5-3-1-2-4-6-8-10-12-14/h3-6,13-14H,1-2,7-12H2/b5-3+,6-4+. The minimum Gasteiger partial charge on any atom is -0.396 e. The van der Waals surface area contributed by atoms with Crippen molar-refractivity contribution in [2.24, 2.45) is 0 Å². The second-order valence-electron chi connectivity index (χ2n) is 3.25. The lowest BCUT2D eigenvalue weighted by molar-refractivity contribution is 0.289. The first-order chi connectivity index (χ1) is 6.91. The molecule has 2 nitrogen and oxygen atoms in total.